The standard InChI is InChI=1S/C5H5.C4H9N.C4H10O.Nb/c1-2-4-5-3-1;1-4(2,3)5;1-3-4(2)5;/h1-3H,4H2;1-3H3;4-5H,3H2,1-2H3;/q-1;;;. The van der Waals surface area contributed by atoms with Crippen molar-refractivity contribution in [2.45, 2.75) is 59.1 Å². The molecule has 0 aromatic carbocycles. The zero-order valence-corrected chi connectivity index (χ0v) is 13.3. The molecule has 0 fully saturated rings. The molecule has 0 amide bonds. The smallest absolute Gasteiger partial charge is 0.0509 e. The summed E-state index contributed by atoms with van der Waals surface area (Å²) in [6, 6.07) is 0. The van der Waals surface area contributed by atoms with E-state index in [1.807, 2.05) is 19.1 Å². The second kappa shape index (κ2) is 11.5. The molecule has 0 saturated carbocycles. The molecule has 0 spiro atoms. The van der Waals surface area contributed by atoms with Gasteiger partial charge in [-0.1, -0.05) is 6.92 Å². The summed E-state index contributed by atoms with van der Waals surface area (Å²) in [5.74, 6) is 0. The molecular formula is C13H24NNbO-. The van der Waals surface area contributed by atoms with E-state index in [2.05, 4.69) is 36.3 Å². The van der Waals surface area contributed by atoms with Crippen molar-refractivity contribution in [3.63, 3.8) is 0 Å². The van der Waals surface area contributed by atoms with Gasteiger partial charge in [-0.2, -0.15) is 6.08 Å². The quantitative estimate of drug-likeness (QED) is 0.582. The van der Waals surface area contributed by atoms with Gasteiger partial charge >= 0.3 is 50.5 Å². The third-order valence-corrected chi connectivity index (χ3v) is 2.95. The third kappa shape index (κ3) is 23.6. The van der Waals surface area contributed by atoms with Crippen LogP contribution >= 0.6 is 0 Å². The van der Waals surface area contributed by atoms with Crippen LogP contribution in [0.2, 0.25) is 0 Å². The number of aliphatic hydroxyl groups excluding tert-OH is 1. The number of nitrogens with zero attached hydrogens (tertiary/aromatic N) is 1. The summed E-state index contributed by atoms with van der Waals surface area (Å²) in [5.41, 5.74) is 0.189. The molecule has 0 saturated heterocycles. The van der Waals surface area contributed by atoms with E-state index in [0.29, 0.717) is 0 Å². The molecule has 0 aliphatic heterocycles. The van der Waals surface area contributed by atoms with Crippen LogP contribution < -0.4 is 0 Å². The molecule has 0 aromatic heterocycles. The first kappa shape index (κ1) is 18.3. The first-order valence-corrected chi connectivity index (χ1v) is 6.57. The fourth-order valence-corrected chi connectivity index (χ4v) is 0.340. The van der Waals surface area contributed by atoms with Gasteiger partial charge in [-0.15, -0.1) is 6.42 Å². The number of allylic oxidation sites excluding steroid dienone is 4. The zero-order valence-electron chi connectivity index (χ0n) is 11.1. The Balaban J connectivity index is 0. The molecule has 0 bridgehead atoms. The van der Waals surface area contributed by atoms with Gasteiger partial charge < -0.3 is 5.11 Å². The molecule has 3 heteroatoms. The Morgan fingerprint density at radius 2 is 1.94 bits per heavy atom. The molecule has 93 valence electrons. The molecule has 0 aromatic rings. The van der Waals surface area contributed by atoms with Gasteiger partial charge in [-0.3, -0.25) is 6.08 Å². The SMILES string of the molecule is CC(C)(C)[N]=[Nb].CCC(C)O.[C-]1=CC=CC1. The second-order valence-corrected chi connectivity index (χ2v) is 5.02. The van der Waals surface area contributed by atoms with E-state index in [0.717, 1.165) is 12.8 Å². The second-order valence-electron chi connectivity index (χ2n) is 4.53. The van der Waals surface area contributed by atoms with Crippen molar-refractivity contribution in [1.82, 2.24) is 0 Å². The maximum Gasteiger partial charge on any atom is 0.0509 e. The first-order valence-electron chi connectivity index (χ1n) is 5.59. The largest absolute Gasteiger partial charge is 0.393 e. The van der Waals surface area contributed by atoms with Crippen LogP contribution in [-0.4, -0.2) is 16.7 Å². The van der Waals surface area contributed by atoms with Gasteiger partial charge in [0.2, 0.25) is 0 Å². The molecule has 1 unspecified atom stereocenters. The molecule has 1 rings (SSSR count). The van der Waals surface area contributed by atoms with Crippen molar-refractivity contribution >= 4 is 0 Å². The minimum atomic E-state index is -0.116. The van der Waals surface area contributed by atoms with Crippen LogP contribution in [0.4, 0.5) is 0 Å². The molecule has 2 nitrogen and oxygen atoms in total. The number of aliphatic hydroxyl groups is 1. The van der Waals surface area contributed by atoms with Crippen molar-refractivity contribution in [2.24, 2.45) is 3.34 Å². The van der Waals surface area contributed by atoms with Gasteiger partial charge in [0.05, 0.1) is 6.10 Å². The topological polar surface area (TPSA) is 32.6 Å². The maximum atomic E-state index is 8.36. The van der Waals surface area contributed by atoms with E-state index in [4.69, 9.17) is 5.11 Å². The Hall–Kier alpha value is -0.0197. The zero-order chi connectivity index (χ0) is 13.0. The summed E-state index contributed by atoms with van der Waals surface area (Å²) in [4.78, 5) is 0. The van der Waals surface area contributed by atoms with Crippen LogP contribution in [0.25, 0.3) is 0 Å². The predicted molar refractivity (Wildman–Crippen MR) is 65.7 cm³/mol. The van der Waals surface area contributed by atoms with Gasteiger partial charge in [0.1, 0.15) is 0 Å². The summed E-state index contributed by atoms with van der Waals surface area (Å²) in [7, 11) is 0. The van der Waals surface area contributed by atoms with Crippen LogP contribution in [0.3, 0.4) is 0 Å². The van der Waals surface area contributed by atoms with E-state index in [9.17, 15) is 0 Å². The number of rotatable bonds is 1. The average molecular weight is 303 g/mol. The normalized spacial score (nSPS) is 14.3. The van der Waals surface area contributed by atoms with Gasteiger partial charge in [0, 0.05) is 0 Å². The van der Waals surface area contributed by atoms with Crippen molar-refractivity contribution in [2.75, 3.05) is 0 Å². The molecule has 1 atom stereocenters. The molecule has 1 N–H and O–H groups in total. The van der Waals surface area contributed by atoms with Crippen LogP contribution in [0.15, 0.2) is 21.6 Å². The molecular weight excluding hydrogens is 279 g/mol. The van der Waals surface area contributed by atoms with E-state index >= 15 is 0 Å². The maximum absolute atomic E-state index is 8.36. The molecule has 0 heterocycles. The van der Waals surface area contributed by atoms with Crippen molar-refractivity contribution in [3.05, 3.63) is 24.3 Å². The average Bonchev–Trinajstić information content (AvgIpc) is 2.75. The van der Waals surface area contributed by atoms with Crippen LogP contribution in [0, 0.1) is 6.08 Å². The Morgan fingerprint density at radius 3 is 2.00 bits per heavy atom. The van der Waals surface area contributed by atoms with Gasteiger partial charge in [-0.25, -0.2) is 12.2 Å². The minimum Gasteiger partial charge on any atom is -0.393 e. The summed E-state index contributed by atoms with van der Waals surface area (Å²) in [6.07, 6.45) is 10.7. The molecule has 16 heavy (non-hydrogen) atoms. The van der Waals surface area contributed by atoms with Crippen LogP contribution in [0.1, 0.15) is 47.5 Å². The van der Waals surface area contributed by atoms with Crippen LogP contribution in [-0.2, 0) is 20.9 Å². The van der Waals surface area contributed by atoms with Gasteiger partial charge in [0.25, 0.3) is 0 Å². The molecule has 1 aliphatic carbocycles. The van der Waals surface area contributed by atoms with Gasteiger partial charge in [0.15, 0.2) is 0 Å². The van der Waals surface area contributed by atoms with Crippen molar-refractivity contribution in [1.29, 1.82) is 0 Å². The Kier molecular flexibility index (Phi) is 13.1. The van der Waals surface area contributed by atoms with E-state index in [1.54, 1.807) is 6.92 Å². The Bertz CT molecular complexity index is 204. The Morgan fingerprint density at radius 1 is 1.50 bits per heavy atom. The van der Waals surface area contributed by atoms with E-state index < -0.39 is 0 Å². The van der Waals surface area contributed by atoms with Crippen molar-refractivity contribution < 1.29 is 26.0 Å². The minimum absolute atomic E-state index is 0.116. The summed E-state index contributed by atoms with van der Waals surface area (Å²) in [5, 5.41) is 8.36. The number of hydrogen-bond acceptors (Lipinski definition) is 2. The first-order chi connectivity index (χ1) is 7.33. The summed E-state index contributed by atoms with van der Waals surface area (Å²) in [6.45, 7) is 9.99. The monoisotopic (exact) mass is 303 g/mol. The number of hydrogen-bond donors (Lipinski definition) is 1. The Labute approximate surface area is 113 Å². The van der Waals surface area contributed by atoms with Crippen molar-refractivity contribution in [3.8, 4) is 0 Å². The molecule has 0 radical (unpaired) electrons. The van der Waals surface area contributed by atoms with E-state index in [1.165, 1.54) is 20.9 Å². The molecule has 1 aliphatic rings. The third-order valence-electron chi connectivity index (χ3n) is 1.48. The summed E-state index contributed by atoms with van der Waals surface area (Å²) < 4.78 is 4.07. The van der Waals surface area contributed by atoms with E-state index in [-0.39, 0.29) is 11.6 Å². The van der Waals surface area contributed by atoms with Gasteiger partial charge in [-0.05, 0) is 13.3 Å². The fraction of sp³-hybridized carbons (Fsp3) is 0.692. The fourth-order valence-electron chi connectivity index (χ4n) is 0.340. The predicted octanol–water partition coefficient (Wildman–Crippen LogP) is 3.60. The summed E-state index contributed by atoms with van der Waals surface area (Å²) >= 11 is 1.52. The van der Waals surface area contributed by atoms with Crippen LogP contribution in [0.5, 0.6) is 0 Å².